The topological polar surface area (TPSA) is 74.6 Å². The molecular formula is C22H32O4. The molecule has 3 fully saturated rings. The van der Waals surface area contributed by atoms with E-state index >= 15 is 0 Å². The van der Waals surface area contributed by atoms with Crippen molar-refractivity contribution in [2.75, 3.05) is 0 Å². The summed E-state index contributed by atoms with van der Waals surface area (Å²) in [5.41, 5.74) is 0.211. The van der Waals surface area contributed by atoms with Crippen LogP contribution in [0.3, 0.4) is 0 Å². The Morgan fingerprint density at radius 2 is 1.88 bits per heavy atom. The molecule has 0 unspecified atom stereocenters. The third-order valence-corrected chi connectivity index (χ3v) is 8.96. The van der Waals surface area contributed by atoms with E-state index in [0.717, 1.165) is 37.7 Å². The molecule has 26 heavy (non-hydrogen) atoms. The molecule has 4 aliphatic rings. The number of hydrogen-bond acceptors (Lipinski definition) is 4. The molecule has 0 heterocycles. The van der Waals surface area contributed by atoms with E-state index in [0.29, 0.717) is 23.5 Å². The lowest BCUT2D eigenvalue weighted by Crippen LogP contribution is -2.61. The summed E-state index contributed by atoms with van der Waals surface area (Å²) in [5, 5.41) is 21.7. The number of rotatable bonds is 1. The van der Waals surface area contributed by atoms with Gasteiger partial charge in [-0.15, -0.1) is 0 Å². The van der Waals surface area contributed by atoms with E-state index in [1.807, 2.05) is 6.92 Å². The van der Waals surface area contributed by atoms with Crippen LogP contribution in [0.2, 0.25) is 0 Å². The van der Waals surface area contributed by atoms with Gasteiger partial charge >= 0.3 is 0 Å². The van der Waals surface area contributed by atoms with Crippen LogP contribution < -0.4 is 0 Å². The zero-order chi connectivity index (χ0) is 19.1. The summed E-state index contributed by atoms with van der Waals surface area (Å²) in [4.78, 5) is 24.4. The first-order chi connectivity index (χ1) is 12.0. The zero-order valence-electron chi connectivity index (χ0n) is 16.4. The Bertz CT molecular complexity index is 692. The molecule has 7 atom stereocenters. The molecule has 0 amide bonds. The Morgan fingerprint density at radius 3 is 2.54 bits per heavy atom. The maximum absolute atomic E-state index is 12.4. The first kappa shape index (κ1) is 18.4. The smallest absolute Gasteiger partial charge is 0.179 e. The summed E-state index contributed by atoms with van der Waals surface area (Å²) in [7, 11) is 0. The summed E-state index contributed by atoms with van der Waals surface area (Å²) < 4.78 is 0. The number of hydrogen-bond donors (Lipinski definition) is 2. The highest BCUT2D eigenvalue weighted by molar-refractivity contribution is 5.92. The molecule has 3 saturated carbocycles. The van der Waals surface area contributed by atoms with Crippen LogP contribution >= 0.6 is 0 Å². The van der Waals surface area contributed by atoms with E-state index in [1.54, 1.807) is 13.0 Å². The molecule has 4 rings (SSSR count). The van der Waals surface area contributed by atoms with Gasteiger partial charge in [-0.25, -0.2) is 0 Å². The van der Waals surface area contributed by atoms with E-state index in [9.17, 15) is 19.8 Å². The van der Waals surface area contributed by atoms with E-state index in [1.165, 1.54) is 0 Å². The molecule has 4 nitrogen and oxygen atoms in total. The van der Waals surface area contributed by atoms with E-state index in [-0.39, 0.29) is 29.5 Å². The molecule has 0 aromatic carbocycles. The van der Waals surface area contributed by atoms with Gasteiger partial charge in [-0.1, -0.05) is 26.3 Å². The van der Waals surface area contributed by atoms with Gasteiger partial charge in [-0.05, 0) is 74.2 Å². The summed E-state index contributed by atoms with van der Waals surface area (Å²) in [6.07, 6.45) is 6.15. The second-order valence-electron chi connectivity index (χ2n) is 10.1. The molecule has 0 radical (unpaired) electrons. The lowest BCUT2D eigenvalue weighted by Gasteiger charge is -2.60. The monoisotopic (exact) mass is 360 g/mol. The Labute approximate surface area is 156 Å². The highest BCUT2D eigenvalue weighted by Gasteiger charge is 2.65. The van der Waals surface area contributed by atoms with E-state index < -0.39 is 11.2 Å². The number of carbonyl (C=O) groups excluding carboxylic acids is 2. The van der Waals surface area contributed by atoms with E-state index in [2.05, 4.69) is 13.8 Å². The largest absolute Gasteiger partial charge is 0.365 e. The summed E-state index contributed by atoms with van der Waals surface area (Å²) >= 11 is 0. The van der Waals surface area contributed by atoms with Crippen molar-refractivity contribution in [2.45, 2.75) is 72.0 Å². The van der Waals surface area contributed by atoms with Crippen molar-refractivity contribution in [3.63, 3.8) is 0 Å². The van der Waals surface area contributed by atoms with Crippen LogP contribution in [-0.2, 0) is 9.59 Å². The Morgan fingerprint density at radius 1 is 1.19 bits per heavy atom. The Hall–Kier alpha value is -1.00. The second-order valence-corrected chi connectivity index (χ2v) is 10.1. The van der Waals surface area contributed by atoms with Crippen molar-refractivity contribution in [2.24, 2.45) is 40.4 Å². The Kier molecular flexibility index (Phi) is 3.89. The van der Waals surface area contributed by atoms with Gasteiger partial charge in [-0.3, -0.25) is 9.59 Å². The molecule has 0 spiro atoms. The van der Waals surface area contributed by atoms with Crippen molar-refractivity contribution in [1.82, 2.24) is 0 Å². The maximum atomic E-state index is 12.4. The predicted molar refractivity (Wildman–Crippen MR) is 98.0 cm³/mol. The fourth-order valence-corrected chi connectivity index (χ4v) is 7.90. The van der Waals surface area contributed by atoms with Crippen LogP contribution in [0.5, 0.6) is 0 Å². The third kappa shape index (κ3) is 2.15. The fraction of sp³-hybridized carbons (Fsp3) is 0.818. The molecule has 0 aliphatic heterocycles. The van der Waals surface area contributed by atoms with Crippen LogP contribution in [0.4, 0.5) is 0 Å². The second kappa shape index (κ2) is 5.51. The highest BCUT2D eigenvalue weighted by atomic mass is 16.5. The fourth-order valence-electron chi connectivity index (χ4n) is 7.90. The minimum Gasteiger partial charge on any atom is -0.365 e. The third-order valence-electron chi connectivity index (χ3n) is 8.96. The van der Waals surface area contributed by atoms with Crippen molar-refractivity contribution < 1.29 is 19.8 Å². The first-order valence-corrected chi connectivity index (χ1v) is 10.2. The number of aliphatic hydroxyl groups is 2. The molecule has 4 heteroatoms. The minimum atomic E-state index is -1.96. The standard InChI is InChI=1S/C22H32O4/c1-12-9-18-16-6-5-14-10-15(24)11-22(25,26)21(14,4)17(16)7-8-20(18,3)19(12)13(2)23/h10,12,16-19,25-26H,5-9,11H2,1-4H3/t12-,16-,17+,18+,19-,20+,21+/m1/s1. The van der Waals surface area contributed by atoms with Gasteiger partial charge in [0.15, 0.2) is 11.6 Å². The minimum absolute atomic E-state index is 0.0298. The summed E-state index contributed by atoms with van der Waals surface area (Å²) in [5.74, 6) is -0.285. The van der Waals surface area contributed by atoms with Crippen LogP contribution in [0, 0.1) is 40.4 Å². The summed E-state index contributed by atoms with van der Waals surface area (Å²) in [6.45, 7) is 8.21. The van der Waals surface area contributed by atoms with Crippen molar-refractivity contribution in [1.29, 1.82) is 0 Å². The first-order valence-electron chi connectivity index (χ1n) is 10.2. The summed E-state index contributed by atoms with van der Waals surface area (Å²) in [6, 6.07) is 0. The zero-order valence-corrected chi connectivity index (χ0v) is 16.4. The van der Waals surface area contributed by atoms with Gasteiger partial charge < -0.3 is 10.2 Å². The quantitative estimate of drug-likeness (QED) is 0.704. The number of ketones is 2. The normalized spacial score (nSPS) is 49.7. The van der Waals surface area contributed by atoms with Gasteiger partial charge in [0.1, 0.15) is 5.78 Å². The lowest BCUT2D eigenvalue weighted by atomic mass is 9.45. The molecule has 4 aliphatic carbocycles. The van der Waals surface area contributed by atoms with Crippen LogP contribution in [0.25, 0.3) is 0 Å². The van der Waals surface area contributed by atoms with Gasteiger partial charge in [0.25, 0.3) is 0 Å². The maximum Gasteiger partial charge on any atom is 0.179 e. The van der Waals surface area contributed by atoms with Crippen LogP contribution in [0.1, 0.15) is 66.2 Å². The van der Waals surface area contributed by atoms with Gasteiger partial charge in [0, 0.05) is 11.3 Å². The molecule has 0 aromatic rings. The van der Waals surface area contributed by atoms with Crippen LogP contribution in [-0.4, -0.2) is 27.6 Å². The molecule has 0 saturated heterocycles. The van der Waals surface area contributed by atoms with Gasteiger partial charge in [0.2, 0.25) is 0 Å². The molecule has 0 bridgehead atoms. The number of Topliss-reactive ketones (excluding diaryl/α,β-unsaturated/α-hetero) is 1. The molecule has 2 N–H and O–H groups in total. The number of fused-ring (bicyclic) bond motifs is 5. The lowest BCUT2D eigenvalue weighted by molar-refractivity contribution is -0.263. The SMILES string of the molecule is CC(=O)[C@H]1[C@H](C)C[C@H]2[C@@H]3CCC4=CC(=O)CC(O)(O)[C@]4(C)[C@H]3CC[C@@]21C. The molecule has 144 valence electrons. The van der Waals surface area contributed by atoms with Crippen LogP contribution in [0.15, 0.2) is 11.6 Å². The van der Waals surface area contributed by atoms with Gasteiger partial charge in [0.05, 0.1) is 6.42 Å². The van der Waals surface area contributed by atoms with Crippen molar-refractivity contribution >= 4 is 11.6 Å². The van der Waals surface area contributed by atoms with Crippen molar-refractivity contribution in [3.05, 3.63) is 11.6 Å². The van der Waals surface area contributed by atoms with Gasteiger partial charge in [-0.2, -0.15) is 0 Å². The predicted octanol–water partition coefficient (Wildman–Crippen LogP) is 3.26. The van der Waals surface area contributed by atoms with E-state index in [4.69, 9.17) is 0 Å². The molecular weight excluding hydrogens is 328 g/mol. The molecule has 0 aromatic heterocycles. The average Bonchev–Trinajstić information content (AvgIpc) is 2.78. The average molecular weight is 360 g/mol. The highest BCUT2D eigenvalue weighted by Crippen LogP contribution is 2.68. The number of carbonyl (C=O) groups is 2. The Balaban J connectivity index is 1.75. The van der Waals surface area contributed by atoms with Crippen molar-refractivity contribution in [3.8, 4) is 0 Å².